The van der Waals surface area contributed by atoms with Gasteiger partial charge in [-0.15, -0.1) is 0 Å². The third-order valence-electron chi connectivity index (χ3n) is 5.13. The minimum Gasteiger partial charge on any atom is -0.317 e. The molecule has 2 aromatic rings. The number of nitrogens with zero attached hydrogens (tertiary/aromatic N) is 1. The lowest BCUT2D eigenvalue weighted by Crippen LogP contribution is -2.36. The van der Waals surface area contributed by atoms with Crippen molar-refractivity contribution in [1.82, 2.24) is 5.32 Å². The molecule has 1 aliphatic heterocycles. The summed E-state index contributed by atoms with van der Waals surface area (Å²) in [4.78, 5) is 27.3. The number of amides is 2. The zero-order chi connectivity index (χ0) is 19.8. The summed E-state index contributed by atoms with van der Waals surface area (Å²) in [6.07, 6.45) is 0. The van der Waals surface area contributed by atoms with Gasteiger partial charge in [0.15, 0.2) is 0 Å². The van der Waals surface area contributed by atoms with Crippen molar-refractivity contribution in [2.24, 2.45) is 0 Å². The molecular formula is C23H26N2O2. The quantitative estimate of drug-likeness (QED) is 0.878. The fourth-order valence-electron chi connectivity index (χ4n) is 3.26. The molecule has 0 spiro atoms. The van der Waals surface area contributed by atoms with Crippen LogP contribution in [0.1, 0.15) is 50.5 Å². The predicted molar refractivity (Wildman–Crippen MR) is 109 cm³/mol. The van der Waals surface area contributed by atoms with E-state index < -0.39 is 0 Å². The Bertz CT molecular complexity index is 890. The van der Waals surface area contributed by atoms with Crippen LogP contribution in [0.4, 0.5) is 5.69 Å². The Morgan fingerprint density at radius 3 is 2.15 bits per heavy atom. The van der Waals surface area contributed by atoms with E-state index in [0.717, 1.165) is 16.8 Å². The van der Waals surface area contributed by atoms with E-state index in [2.05, 4.69) is 26.1 Å². The first kappa shape index (κ1) is 18.9. The fraction of sp³-hybridized carbons (Fsp3) is 0.304. The standard InChI is InChI=1S/C23H26N2O2/c1-15-16(2)25(19-9-7-6-8-10-19)22(27)20(15)24-21(26)17-11-13-18(14-12-17)23(3,4)5/h6-14,16H,1-5H3,(H,24,26)/t16-/m0/s1. The lowest BCUT2D eigenvalue weighted by molar-refractivity contribution is -0.115. The van der Waals surface area contributed by atoms with Crippen molar-refractivity contribution in [1.29, 1.82) is 0 Å². The maximum absolute atomic E-state index is 12.9. The molecule has 1 heterocycles. The second-order valence-electron chi connectivity index (χ2n) is 8.03. The van der Waals surface area contributed by atoms with Crippen molar-refractivity contribution in [3.05, 3.63) is 77.0 Å². The molecule has 3 rings (SSSR count). The average Bonchev–Trinajstić information content (AvgIpc) is 2.85. The average molecular weight is 362 g/mol. The van der Waals surface area contributed by atoms with Crippen molar-refractivity contribution >= 4 is 17.5 Å². The van der Waals surface area contributed by atoms with Crippen LogP contribution in [0.2, 0.25) is 0 Å². The van der Waals surface area contributed by atoms with Gasteiger partial charge in [-0.1, -0.05) is 51.1 Å². The van der Waals surface area contributed by atoms with Gasteiger partial charge in [0.2, 0.25) is 0 Å². The number of anilines is 1. The van der Waals surface area contributed by atoms with E-state index >= 15 is 0 Å². The van der Waals surface area contributed by atoms with Crippen molar-refractivity contribution in [2.45, 2.75) is 46.1 Å². The van der Waals surface area contributed by atoms with Crippen molar-refractivity contribution < 1.29 is 9.59 Å². The lowest BCUT2D eigenvalue weighted by Gasteiger charge is -2.23. The van der Waals surface area contributed by atoms with Crippen LogP contribution in [-0.4, -0.2) is 17.9 Å². The Morgan fingerprint density at radius 2 is 1.59 bits per heavy atom. The minimum absolute atomic E-state index is 0.0289. The number of carbonyl (C=O) groups excluding carboxylic acids is 2. The number of benzene rings is 2. The van der Waals surface area contributed by atoms with Gasteiger partial charge in [-0.2, -0.15) is 0 Å². The van der Waals surface area contributed by atoms with Gasteiger partial charge in [0.1, 0.15) is 5.70 Å². The van der Waals surface area contributed by atoms with Crippen LogP contribution in [-0.2, 0) is 10.2 Å². The first-order valence-corrected chi connectivity index (χ1v) is 9.21. The molecule has 0 radical (unpaired) electrons. The summed E-state index contributed by atoms with van der Waals surface area (Å²) in [5.74, 6) is -0.439. The monoisotopic (exact) mass is 362 g/mol. The van der Waals surface area contributed by atoms with Crippen LogP contribution in [0.3, 0.4) is 0 Å². The summed E-state index contributed by atoms with van der Waals surface area (Å²) in [6, 6.07) is 17.0. The Kier molecular flexibility index (Phi) is 4.92. The van der Waals surface area contributed by atoms with Gasteiger partial charge < -0.3 is 10.2 Å². The maximum atomic E-state index is 12.9. The molecule has 0 aliphatic carbocycles. The molecule has 0 unspecified atom stereocenters. The molecule has 4 heteroatoms. The normalized spacial score (nSPS) is 17.4. The molecule has 27 heavy (non-hydrogen) atoms. The molecule has 0 aromatic heterocycles. The summed E-state index contributed by atoms with van der Waals surface area (Å²) in [6.45, 7) is 10.3. The van der Waals surface area contributed by atoms with Crippen LogP contribution in [0.5, 0.6) is 0 Å². The number of nitrogens with one attached hydrogen (secondary N) is 1. The molecule has 0 bridgehead atoms. The Labute approximate surface area is 160 Å². The van der Waals surface area contributed by atoms with E-state index in [4.69, 9.17) is 0 Å². The van der Waals surface area contributed by atoms with E-state index in [0.29, 0.717) is 11.3 Å². The molecule has 2 aromatic carbocycles. The molecule has 4 nitrogen and oxygen atoms in total. The number of carbonyl (C=O) groups is 2. The summed E-state index contributed by atoms with van der Waals surface area (Å²) >= 11 is 0. The first-order chi connectivity index (χ1) is 12.7. The van der Waals surface area contributed by atoms with Crippen molar-refractivity contribution in [3.63, 3.8) is 0 Å². The van der Waals surface area contributed by atoms with Gasteiger partial charge in [0, 0.05) is 11.3 Å². The van der Waals surface area contributed by atoms with E-state index in [1.165, 1.54) is 0 Å². The fourth-order valence-corrected chi connectivity index (χ4v) is 3.26. The van der Waals surface area contributed by atoms with Gasteiger partial charge in [0.05, 0.1) is 6.04 Å². The molecule has 0 fully saturated rings. The molecule has 140 valence electrons. The zero-order valence-corrected chi connectivity index (χ0v) is 16.5. The highest BCUT2D eigenvalue weighted by Crippen LogP contribution is 2.30. The third kappa shape index (κ3) is 3.65. The van der Waals surface area contributed by atoms with Gasteiger partial charge in [-0.05, 0) is 54.7 Å². The van der Waals surface area contributed by atoms with E-state index in [-0.39, 0.29) is 23.3 Å². The topological polar surface area (TPSA) is 49.4 Å². The van der Waals surface area contributed by atoms with Crippen molar-refractivity contribution in [2.75, 3.05) is 4.90 Å². The van der Waals surface area contributed by atoms with Gasteiger partial charge >= 0.3 is 0 Å². The number of hydrogen-bond donors (Lipinski definition) is 1. The van der Waals surface area contributed by atoms with Crippen LogP contribution in [0.15, 0.2) is 65.9 Å². The Balaban J connectivity index is 1.80. The van der Waals surface area contributed by atoms with Gasteiger partial charge in [0.25, 0.3) is 11.8 Å². The summed E-state index contributed by atoms with van der Waals surface area (Å²) in [5, 5.41) is 2.83. The molecular weight excluding hydrogens is 336 g/mol. The molecule has 1 N–H and O–H groups in total. The smallest absolute Gasteiger partial charge is 0.275 e. The summed E-state index contributed by atoms with van der Waals surface area (Å²) in [7, 11) is 0. The van der Waals surface area contributed by atoms with Gasteiger partial charge in [-0.25, -0.2) is 0 Å². The molecule has 1 aliphatic rings. The predicted octanol–water partition coefficient (Wildman–Crippen LogP) is 4.42. The lowest BCUT2D eigenvalue weighted by atomic mass is 9.87. The number of hydrogen-bond acceptors (Lipinski definition) is 2. The third-order valence-corrected chi connectivity index (χ3v) is 5.13. The zero-order valence-electron chi connectivity index (χ0n) is 16.5. The summed E-state index contributed by atoms with van der Waals surface area (Å²) < 4.78 is 0. The summed E-state index contributed by atoms with van der Waals surface area (Å²) in [5.41, 5.74) is 3.80. The second kappa shape index (κ2) is 7.03. The highest BCUT2D eigenvalue weighted by molar-refractivity contribution is 6.13. The van der Waals surface area contributed by atoms with E-state index in [1.54, 1.807) is 4.90 Å². The Hall–Kier alpha value is -2.88. The molecule has 0 saturated carbocycles. The van der Waals surface area contributed by atoms with E-state index in [1.807, 2.05) is 68.4 Å². The number of rotatable bonds is 3. The van der Waals surface area contributed by atoms with Crippen LogP contribution in [0.25, 0.3) is 0 Å². The SMILES string of the molecule is CC1=C(NC(=O)c2ccc(C(C)(C)C)cc2)C(=O)N(c2ccccc2)[C@H]1C. The largest absolute Gasteiger partial charge is 0.317 e. The minimum atomic E-state index is -0.264. The van der Waals surface area contributed by atoms with Crippen LogP contribution >= 0.6 is 0 Å². The Morgan fingerprint density at radius 1 is 1.00 bits per heavy atom. The number of para-hydroxylation sites is 1. The first-order valence-electron chi connectivity index (χ1n) is 9.21. The van der Waals surface area contributed by atoms with Crippen LogP contribution < -0.4 is 10.2 Å². The highest BCUT2D eigenvalue weighted by Gasteiger charge is 2.36. The molecule has 0 saturated heterocycles. The molecule has 1 atom stereocenters. The second-order valence-corrected chi connectivity index (χ2v) is 8.03. The maximum Gasteiger partial charge on any atom is 0.275 e. The van der Waals surface area contributed by atoms with E-state index in [9.17, 15) is 9.59 Å². The van der Waals surface area contributed by atoms with Crippen LogP contribution in [0, 0.1) is 0 Å². The molecule has 2 amide bonds. The highest BCUT2D eigenvalue weighted by atomic mass is 16.2. The van der Waals surface area contributed by atoms with Crippen molar-refractivity contribution in [3.8, 4) is 0 Å². The van der Waals surface area contributed by atoms with Gasteiger partial charge in [-0.3, -0.25) is 9.59 Å².